The molecule has 7 heterocycles. The van der Waals surface area contributed by atoms with E-state index in [9.17, 15) is 18.9 Å². The highest BCUT2D eigenvalue weighted by Gasteiger charge is 2.32. The third kappa shape index (κ3) is 12.2. The monoisotopic (exact) mass is 1050 g/mol. The summed E-state index contributed by atoms with van der Waals surface area (Å²) in [5.74, 6) is 0.746. The van der Waals surface area contributed by atoms with Gasteiger partial charge in [-0.25, -0.2) is 9.97 Å². The molecule has 0 saturated carbocycles. The quantitative estimate of drug-likeness (QED) is 0.0588. The second-order valence-electron chi connectivity index (χ2n) is 20.4. The molecule has 4 N–H and O–H groups in total. The number of hydrogen-bond acceptors (Lipinski definition) is 15. The van der Waals surface area contributed by atoms with E-state index in [1.54, 1.807) is 38.9 Å². The number of nitrogens with zero attached hydrogens (tertiary/aromatic N) is 9. The number of amides is 3. The number of halogens is 1. The number of nitrogens with one attached hydrogen (secondary N) is 4. The van der Waals surface area contributed by atoms with Gasteiger partial charge >= 0.3 is 0 Å². The number of piperidine rings is 3. The number of anilines is 6. The molecule has 0 bridgehead atoms. The highest BCUT2D eigenvalue weighted by molar-refractivity contribution is 7.70. The summed E-state index contributed by atoms with van der Waals surface area (Å²) in [6.45, 7) is 12.4. The minimum absolute atomic E-state index is 0.201. The van der Waals surface area contributed by atoms with Crippen molar-refractivity contribution in [2.45, 2.75) is 50.6 Å². The van der Waals surface area contributed by atoms with Crippen LogP contribution in [0.3, 0.4) is 0 Å². The summed E-state index contributed by atoms with van der Waals surface area (Å²) in [4.78, 5) is 60.3. The lowest BCUT2D eigenvalue weighted by Gasteiger charge is -2.44. The van der Waals surface area contributed by atoms with E-state index in [4.69, 9.17) is 21.3 Å². The summed E-state index contributed by atoms with van der Waals surface area (Å²) in [5, 5.41) is 17.3. The number of rotatable bonds is 15. The zero-order valence-corrected chi connectivity index (χ0v) is 44.6. The Balaban J connectivity index is 0.735. The fourth-order valence-electron chi connectivity index (χ4n) is 10.8. The number of imide groups is 1. The summed E-state index contributed by atoms with van der Waals surface area (Å²) in [5.41, 5.74) is 7.66. The smallest absolute Gasteiger partial charge is 0.270 e. The molecule has 1 unspecified atom stereocenters. The Morgan fingerprint density at radius 1 is 0.800 bits per heavy atom. The molecule has 0 aliphatic carbocycles. The van der Waals surface area contributed by atoms with Crippen LogP contribution in [0.2, 0.25) is 5.02 Å². The zero-order valence-electron chi connectivity index (χ0n) is 43.0. The van der Waals surface area contributed by atoms with E-state index < -0.39 is 25.0 Å². The third-order valence-corrected chi connectivity index (χ3v) is 16.8. The lowest BCUT2D eigenvalue weighted by molar-refractivity contribution is -0.134. The predicted octanol–water partition coefficient (Wildman–Crippen LogP) is 7.37. The lowest BCUT2D eigenvalue weighted by Crippen LogP contribution is -2.53. The Labute approximate surface area is 443 Å². The van der Waals surface area contributed by atoms with Gasteiger partial charge in [-0.15, -0.1) is 0 Å². The molecular weight excluding hydrogens is 989 g/mol. The average Bonchev–Trinajstić information content (AvgIpc) is 3.86. The van der Waals surface area contributed by atoms with Crippen LogP contribution >= 0.6 is 18.7 Å². The van der Waals surface area contributed by atoms with Crippen LogP contribution < -0.4 is 41.1 Å². The Hall–Kier alpha value is -6.85. The lowest BCUT2D eigenvalue weighted by atomic mass is 9.94. The van der Waals surface area contributed by atoms with Crippen LogP contribution in [0.15, 0.2) is 97.6 Å². The average molecular weight is 1050 g/mol. The van der Waals surface area contributed by atoms with Gasteiger partial charge in [0.1, 0.15) is 29.6 Å². The van der Waals surface area contributed by atoms with Crippen molar-refractivity contribution < 1.29 is 23.7 Å². The SMILES string of the molecule is COc1cc(N2CCN(C3CCN(CC4CCN(c5ccc(C(=O)NC6CCC(=O)NC6=O)nc5)CC4)CC3)CC2)c(-c2cnn(C)c2)cc1Nc1ncc(Cl)c(Nc2ccc(-c3ccccc3)cc2P(C)(C)=O)n1. The van der Waals surface area contributed by atoms with Gasteiger partial charge < -0.3 is 40.0 Å². The second kappa shape index (κ2) is 22.6. The standard InChI is InChI=1S/C55H65ClN13O5P/c1-65-35-39(31-59-65)42-29-47(62-55-58-33-43(56)52(64-55)60-44-12-10-38(28-50(44)75(3,4)73)37-8-6-5-7-9-37)49(74-2)30-48(42)69-26-24-68(25-27-69)40-18-20-66(21-19-40)34-36-16-22-67(23-17-36)41-11-13-45(57-32-41)53(71)61-46-14-15-51(70)63-54(46)72/h5-13,28-33,35-36,40,46H,14-27,34H2,1-4H3,(H,61,71)(H,63,70,72)(H2,58,60,62,64). The maximum atomic E-state index is 13.6. The van der Waals surface area contributed by atoms with Crippen molar-refractivity contribution in [3.8, 4) is 28.0 Å². The number of benzene rings is 3. The van der Waals surface area contributed by atoms with Crippen LogP contribution in [-0.4, -0.2) is 144 Å². The predicted molar refractivity (Wildman–Crippen MR) is 296 cm³/mol. The molecule has 3 aromatic heterocycles. The van der Waals surface area contributed by atoms with Gasteiger partial charge in [0.25, 0.3) is 5.91 Å². The molecule has 4 saturated heterocycles. The highest BCUT2D eigenvalue weighted by Crippen LogP contribution is 2.43. The van der Waals surface area contributed by atoms with Gasteiger partial charge in [-0.3, -0.25) is 29.3 Å². The maximum Gasteiger partial charge on any atom is 0.270 e. The number of aromatic nitrogens is 5. The minimum Gasteiger partial charge on any atom is -0.494 e. The van der Waals surface area contributed by atoms with E-state index in [0.29, 0.717) is 51.2 Å². The van der Waals surface area contributed by atoms with Gasteiger partial charge in [0, 0.05) is 99.7 Å². The van der Waals surface area contributed by atoms with Crippen LogP contribution in [0.25, 0.3) is 22.3 Å². The fourth-order valence-corrected chi connectivity index (χ4v) is 12.1. The van der Waals surface area contributed by atoms with Gasteiger partial charge in [0.15, 0.2) is 5.82 Å². The van der Waals surface area contributed by atoms with Crippen LogP contribution in [-0.2, 0) is 21.2 Å². The molecule has 20 heteroatoms. The number of carbonyl (C=O) groups is 3. The molecule has 392 valence electrons. The number of pyridine rings is 1. The van der Waals surface area contributed by atoms with E-state index in [0.717, 1.165) is 118 Å². The number of likely N-dealkylation sites (tertiary alicyclic amines) is 1. The third-order valence-electron chi connectivity index (χ3n) is 15.0. The van der Waals surface area contributed by atoms with Crippen molar-refractivity contribution in [2.24, 2.45) is 13.0 Å². The summed E-state index contributed by atoms with van der Waals surface area (Å²) in [7, 11) is 0.860. The van der Waals surface area contributed by atoms with E-state index in [1.807, 2.05) is 78.7 Å². The first-order valence-electron chi connectivity index (χ1n) is 25.8. The van der Waals surface area contributed by atoms with Crippen molar-refractivity contribution in [2.75, 3.05) is 99.8 Å². The number of carbonyl (C=O) groups excluding carboxylic acids is 3. The molecule has 4 aliphatic rings. The molecule has 18 nitrogen and oxygen atoms in total. The van der Waals surface area contributed by atoms with E-state index in [1.165, 1.54) is 0 Å². The van der Waals surface area contributed by atoms with Crippen molar-refractivity contribution >= 4 is 76.3 Å². The Morgan fingerprint density at radius 3 is 2.25 bits per heavy atom. The van der Waals surface area contributed by atoms with E-state index in [2.05, 4.69) is 68.1 Å². The summed E-state index contributed by atoms with van der Waals surface area (Å²) in [6, 6.07) is 23.6. The molecule has 0 radical (unpaired) electrons. The summed E-state index contributed by atoms with van der Waals surface area (Å²) >= 11 is 6.72. The van der Waals surface area contributed by atoms with E-state index in [-0.39, 0.29) is 24.4 Å². The number of methoxy groups -OCH3 is 1. The maximum absolute atomic E-state index is 13.6. The first kappa shape index (κ1) is 51.6. The molecule has 3 aromatic carbocycles. The first-order chi connectivity index (χ1) is 36.2. The molecule has 75 heavy (non-hydrogen) atoms. The van der Waals surface area contributed by atoms with Crippen molar-refractivity contribution in [1.82, 2.24) is 45.2 Å². The molecule has 4 fully saturated rings. The van der Waals surface area contributed by atoms with Gasteiger partial charge in [0.2, 0.25) is 17.8 Å². The number of piperazine rings is 1. The normalized spacial score (nSPS) is 18.4. The summed E-state index contributed by atoms with van der Waals surface area (Å²) in [6.07, 6.45) is 12.2. The number of aryl methyl sites for hydroxylation is 1. The Morgan fingerprint density at radius 2 is 1.57 bits per heavy atom. The molecule has 3 amide bonds. The zero-order chi connectivity index (χ0) is 52.2. The van der Waals surface area contributed by atoms with Gasteiger partial charge in [-0.2, -0.15) is 10.1 Å². The van der Waals surface area contributed by atoms with E-state index >= 15 is 0 Å². The largest absolute Gasteiger partial charge is 0.494 e. The molecule has 6 aromatic rings. The van der Waals surface area contributed by atoms with Crippen molar-refractivity contribution in [3.63, 3.8) is 0 Å². The Kier molecular flexibility index (Phi) is 15.5. The summed E-state index contributed by atoms with van der Waals surface area (Å²) < 4.78 is 21.5. The van der Waals surface area contributed by atoms with Crippen molar-refractivity contribution in [1.29, 1.82) is 0 Å². The number of ether oxygens (including phenoxy) is 1. The van der Waals surface area contributed by atoms with Crippen molar-refractivity contribution in [3.05, 3.63) is 108 Å². The van der Waals surface area contributed by atoms with Gasteiger partial charge in [-0.1, -0.05) is 48.0 Å². The minimum atomic E-state index is -2.73. The van der Waals surface area contributed by atoms with Gasteiger partial charge in [0.05, 0.1) is 42.8 Å². The fraction of sp³-hybridized carbons (Fsp3) is 0.400. The number of hydrogen-bond donors (Lipinski definition) is 4. The molecular formula is C55H65ClN13O5P. The highest BCUT2D eigenvalue weighted by atomic mass is 35.5. The first-order valence-corrected chi connectivity index (χ1v) is 28.8. The van der Waals surface area contributed by atoms with Crippen LogP contribution in [0, 0.1) is 5.92 Å². The van der Waals surface area contributed by atoms with Crippen LogP contribution in [0.4, 0.5) is 34.5 Å². The van der Waals surface area contributed by atoms with Gasteiger partial charge in [-0.05, 0) is 106 Å². The van der Waals surface area contributed by atoms with Crippen LogP contribution in [0.5, 0.6) is 5.75 Å². The molecule has 10 rings (SSSR count). The second-order valence-corrected chi connectivity index (χ2v) is 24.0. The Bertz CT molecular complexity index is 3070. The topological polar surface area (TPSA) is 195 Å². The molecule has 4 aliphatic heterocycles. The molecule has 0 spiro atoms. The molecule has 1 atom stereocenters. The van der Waals surface area contributed by atoms with Crippen LogP contribution in [0.1, 0.15) is 49.0 Å².